The third kappa shape index (κ3) is 3.36. The molecule has 0 bridgehead atoms. The zero-order valence-corrected chi connectivity index (χ0v) is 16.9. The number of nitrogens with zero attached hydrogens (tertiary/aromatic N) is 1. The van der Waals surface area contributed by atoms with Gasteiger partial charge in [0.05, 0.1) is 11.6 Å². The van der Waals surface area contributed by atoms with Gasteiger partial charge in [-0.2, -0.15) is 0 Å². The molecular weight excluding hydrogens is 411 g/mol. The molecule has 29 heavy (non-hydrogen) atoms. The van der Waals surface area contributed by atoms with Crippen molar-refractivity contribution in [3.63, 3.8) is 0 Å². The standard InChI is InChI=1S/C21H17FN2O3S2/c22-13-5-7-14(8-6-13)23-17(25)9-24-20-19(29-21(24)26)18-12(11-28-20)10-27-16-4-2-1-3-15(16)18/h1-8,12,18H,9-11H2,(H,23,25)/t12-,18+/m1/s1. The number of nitrogens with one attached hydrogen (secondary N) is 1. The van der Waals surface area contributed by atoms with Crippen molar-refractivity contribution in [1.82, 2.24) is 4.57 Å². The Morgan fingerprint density at radius 2 is 2.00 bits per heavy atom. The molecule has 148 valence electrons. The van der Waals surface area contributed by atoms with E-state index in [1.165, 1.54) is 35.6 Å². The van der Waals surface area contributed by atoms with Crippen LogP contribution < -0.4 is 14.9 Å². The van der Waals surface area contributed by atoms with Crippen LogP contribution in [0.3, 0.4) is 0 Å². The van der Waals surface area contributed by atoms with Crippen molar-refractivity contribution >= 4 is 34.7 Å². The summed E-state index contributed by atoms with van der Waals surface area (Å²) in [6.07, 6.45) is 0. The summed E-state index contributed by atoms with van der Waals surface area (Å²) in [6.45, 7) is 0.565. The SMILES string of the molecule is O=C(Cn1c2c(sc1=O)[C@@H]1c3ccccc3OC[C@@H]1CS2)Nc1ccc(F)cc1. The Labute approximate surface area is 174 Å². The number of carbonyl (C=O) groups excluding carboxylic acids is 1. The molecule has 2 aliphatic rings. The Kier molecular flexibility index (Phi) is 4.67. The van der Waals surface area contributed by atoms with Crippen molar-refractivity contribution in [3.8, 4) is 5.75 Å². The van der Waals surface area contributed by atoms with Gasteiger partial charge >= 0.3 is 4.87 Å². The minimum Gasteiger partial charge on any atom is -0.493 e. The minimum absolute atomic E-state index is 0.0649. The van der Waals surface area contributed by atoms with E-state index in [0.717, 1.165) is 27.0 Å². The zero-order chi connectivity index (χ0) is 20.0. The van der Waals surface area contributed by atoms with Gasteiger partial charge in [0.25, 0.3) is 0 Å². The molecule has 0 aliphatic carbocycles. The van der Waals surface area contributed by atoms with Crippen molar-refractivity contribution < 1.29 is 13.9 Å². The molecule has 1 N–H and O–H groups in total. The van der Waals surface area contributed by atoms with Gasteiger partial charge < -0.3 is 10.1 Å². The van der Waals surface area contributed by atoms with E-state index in [2.05, 4.69) is 11.4 Å². The summed E-state index contributed by atoms with van der Waals surface area (Å²) in [6, 6.07) is 13.5. The number of anilines is 1. The number of amides is 1. The molecule has 3 heterocycles. The van der Waals surface area contributed by atoms with Crippen LogP contribution in [0.1, 0.15) is 16.4 Å². The first-order valence-electron chi connectivity index (χ1n) is 9.23. The lowest BCUT2D eigenvalue weighted by molar-refractivity contribution is -0.116. The van der Waals surface area contributed by atoms with E-state index in [1.54, 1.807) is 16.3 Å². The number of aromatic nitrogens is 1. The number of halogens is 1. The fraction of sp³-hybridized carbons (Fsp3) is 0.238. The average Bonchev–Trinajstić information content (AvgIpc) is 3.04. The van der Waals surface area contributed by atoms with Crippen LogP contribution in [0.2, 0.25) is 0 Å². The van der Waals surface area contributed by atoms with Crippen LogP contribution in [0.15, 0.2) is 58.4 Å². The van der Waals surface area contributed by atoms with Gasteiger partial charge in [0.15, 0.2) is 0 Å². The number of hydrogen-bond acceptors (Lipinski definition) is 5. The summed E-state index contributed by atoms with van der Waals surface area (Å²) < 4.78 is 20.5. The zero-order valence-electron chi connectivity index (χ0n) is 15.3. The molecule has 1 amide bonds. The van der Waals surface area contributed by atoms with Crippen LogP contribution in [0.5, 0.6) is 5.75 Å². The van der Waals surface area contributed by atoms with Crippen LogP contribution >= 0.6 is 23.1 Å². The summed E-state index contributed by atoms with van der Waals surface area (Å²) in [5, 5.41) is 3.59. The van der Waals surface area contributed by atoms with Gasteiger partial charge in [-0.3, -0.25) is 14.2 Å². The molecular formula is C21H17FN2O3S2. The fourth-order valence-corrected chi connectivity index (χ4v) is 6.56. The second-order valence-corrected chi connectivity index (χ2v) is 9.08. The Balaban J connectivity index is 1.44. The van der Waals surface area contributed by atoms with Gasteiger partial charge in [0, 0.05) is 33.7 Å². The molecule has 0 saturated carbocycles. The molecule has 8 heteroatoms. The molecule has 5 rings (SSSR count). The van der Waals surface area contributed by atoms with Crippen molar-refractivity contribution in [3.05, 3.63) is 74.5 Å². The van der Waals surface area contributed by atoms with Gasteiger partial charge in [0.1, 0.15) is 18.1 Å². The van der Waals surface area contributed by atoms with Crippen molar-refractivity contribution in [1.29, 1.82) is 0 Å². The molecule has 0 saturated heterocycles. The van der Waals surface area contributed by atoms with Gasteiger partial charge in [-0.05, 0) is 30.3 Å². The van der Waals surface area contributed by atoms with Crippen LogP contribution in [-0.2, 0) is 11.3 Å². The number of thioether (sulfide) groups is 1. The number of para-hydroxylation sites is 1. The lowest BCUT2D eigenvalue weighted by Crippen LogP contribution is -2.31. The summed E-state index contributed by atoms with van der Waals surface area (Å²) in [5.74, 6) is 1.45. The van der Waals surface area contributed by atoms with E-state index in [4.69, 9.17) is 4.74 Å². The molecule has 3 aromatic rings. The second kappa shape index (κ2) is 7.35. The maximum absolute atomic E-state index is 13.0. The van der Waals surface area contributed by atoms with Crippen molar-refractivity contribution in [2.24, 2.45) is 5.92 Å². The first-order valence-corrected chi connectivity index (χ1v) is 11.0. The second-order valence-electron chi connectivity index (χ2n) is 7.08. The summed E-state index contributed by atoms with van der Waals surface area (Å²) in [4.78, 5) is 26.1. The Morgan fingerprint density at radius 3 is 2.83 bits per heavy atom. The van der Waals surface area contributed by atoms with E-state index >= 15 is 0 Å². The predicted octanol–water partition coefficient (Wildman–Crippen LogP) is 3.93. The van der Waals surface area contributed by atoms with E-state index in [0.29, 0.717) is 18.2 Å². The van der Waals surface area contributed by atoms with Crippen LogP contribution in [0, 0.1) is 11.7 Å². The average molecular weight is 429 g/mol. The number of ether oxygens (including phenoxy) is 1. The van der Waals surface area contributed by atoms with E-state index < -0.39 is 0 Å². The molecule has 1 aromatic heterocycles. The third-order valence-corrected chi connectivity index (χ3v) is 7.70. The van der Waals surface area contributed by atoms with Crippen LogP contribution in [0.4, 0.5) is 10.1 Å². The normalized spacial score (nSPS) is 19.5. The molecule has 0 spiro atoms. The fourth-order valence-electron chi connectivity index (χ4n) is 3.87. The summed E-state index contributed by atoms with van der Waals surface area (Å²) >= 11 is 2.83. The Hall–Kier alpha value is -2.58. The molecule has 2 aliphatic heterocycles. The monoisotopic (exact) mass is 428 g/mol. The van der Waals surface area contributed by atoms with E-state index in [1.807, 2.05) is 18.2 Å². The number of rotatable bonds is 3. The highest BCUT2D eigenvalue weighted by Crippen LogP contribution is 2.50. The number of thiazole rings is 1. The smallest absolute Gasteiger partial charge is 0.308 e. The highest BCUT2D eigenvalue weighted by Gasteiger charge is 2.39. The van der Waals surface area contributed by atoms with Crippen molar-refractivity contribution in [2.45, 2.75) is 17.5 Å². The van der Waals surface area contributed by atoms with Gasteiger partial charge in [-0.25, -0.2) is 4.39 Å². The molecule has 0 unspecified atom stereocenters. The Bertz CT molecular complexity index is 1140. The highest BCUT2D eigenvalue weighted by atomic mass is 32.2. The van der Waals surface area contributed by atoms with E-state index in [9.17, 15) is 14.0 Å². The third-order valence-electron chi connectivity index (χ3n) is 5.20. The largest absolute Gasteiger partial charge is 0.493 e. The number of benzene rings is 2. The maximum Gasteiger partial charge on any atom is 0.308 e. The molecule has 2 aromatic carbocycles. The minimum atomic E-state index is -0.367. The van der Waals surface area contributed by atoms with E-state index in [-0.39, 0.29) is 29.1 Å². The first kappa shape index (κ1) is 18.4. The highest BCUT2D eigenvalue weighted by molar-refractivity contribution is 7.99. The lowest BCUT2D eigenvalue weighted by atomic mass is 9.84. The maximum atomic E-state index is 13.0. The Morgan fingerprint density at radius 1 is 1.21 bits per heavy atom. The molecule has 5 nitrogen and oxygen atoms in total. The molecule has 0 radical (unpaired) electrons. The summed E-state index contributed by atoms with van der Waals surface area (Å²) in [7, 11) is 0. The summed E-state index contributed by atoms with van der Waals surface area (Å²) in [5.41, 5.74) is 1.61. The first-order chi connectivity index (χ1) is 14.1. The lowest BCUT2D eigenvalue weighted by Gasteiger charge is -2.36. The van der Waals surface area contributed by atoms with Gasteiger partial charge in [-0.1, -0.05) is 29.5 Å². The number of fused-ring (bicyclic) bond motifs is 5. The number of hydrogen-bond donors (Lipinski definition) is 1. The predicted molar refractivity (Wildman–Crippen MR) is 112 cm³/mol. The van der Waals surface area contributed by atoms with Crippen LogP contribution in [-0.4, -0.2) is 22.8 Å². The van der Waals surface area contributed by atoms with Gasteiger partial charge in [0.2, 0.25) is 5.91 Å². The number of carbonyl (C=O) groups is 1. The molecule has 0 fully saturated rings. The van der Waals surface area contributed by atoms with Crippen molar-refractivity contribution in [2.75, 3.05) is 17.7 Å². The topological polar surface area (TPSA) is 60.3 Å². The van der Waals surface area contributed by atoms with Gasteiger partial charge in [-0.15, -0.1) is 11.8 Å². The molecule has 2 atom stereocenters. The quantitative estimate of drug-likeness (QED) is 0.687. The van der Waals surface area contributed by atoms with Crippen LogP contribution in [0.25, 0.3) is 0 Å².